The summed E-state index contributed by atoms with van der Waals surface area (Å²) < 4.78 is 0. The molecule has 1 N–H and O–H groups in total. The predicted molar refractivity (Wildman–Crippen MR) is 61.0 cm³/mol. The minimum absolute atomic E-state index is 0.0248. The highest BCUT2D eigenvalue weighted by atomic mass is 15.0. The van der Waals surface area contributed by atoms with E-state index in [9.17, 15) is 0 Å². The van der Waals surface area contributed by atoms with Crippen LogP contribution >= 0.6 is 0 Å². The molecule has 0 unspecified atom stereocenters. The summed E-state index contributed by atoms with van der Waals surface area (Å²) in [6, 6.07) is 10.3. The fraction of sp³-hybridized carbons (Fsp3) is 0.308. The fourth-order valence-corrected chi connectivity index (χ4v) is 2.07. The molecule has 2 heteroatoms. The van der Waals surface area contributed by atoms with Crippen molar-refractivity contribution in [3.63, 3.8) is 0 Å². The van der Waals surface area contributed by atoms with Crippen LogP contribution in [-0.4, -0.2) is 5.54 Å². The van der Waals surface area contributed by atoms with Crippen LogP contribution < -0.4 is 5.32 Å². The van der Waals surface area contributed by atoms with Crippen LogP contribution in [0.15, 0.2) is 30.3 Å². The molecule has 1 aromatic carbocycles. The van der Waals surface area contributed by atoms with Crippen molar-refractivity contribution in [2.75, 3.05) is 0 Å². The van der Waals surface area contributed by atoms with E-state index in [1.807, 2.05) is 12.1 Å². The third kappa shape index (κ3) is 1.87. The van der Waals surface area contributed by atoms with Crippen molar-refractivity contribution in [1.29, 1.82) is 5.26 Å². The normalized spacial score (nSPS) is 20.2. The van der Waals surface area contributed by atoms with Crippen LogP contribution in [0, 0.1) is 11.3 Å². The third-order valence-electron chi connectivity index (χ3n) is 2.62. The fourth-order valence-electron chi connectivity index (χ4n) is 2.07. The van der Waals surface area contributed by atoms with Crippen LogP contribution in [-0.2, 0) is 6.42 Å². The molecule has 0 bridgehead atoms. The second-order valence-electron chi connectivity index (χ2n) is 4.53. The molecule has 2 nitrogen and oxygen atoms in total. The maximum Gasteiger partial charge on any atom is 0.0933 e. The number of allylic oxidation sites excluding steroid dienone is 1. The lowest BCUT2D eigenvalue weighted by Crippen LogP contribution is -2.43. The van der Waals surface area contributed by atoms with Gasteiger partial charge < -0.3 is 5.32 Å². The van der Waals surface area contributed by atoms with Crippen LogP contribution in [0.4, 0.5) is 0 Å². The van der Waals surface area contributed by atoms with Gasteiger partial charge in [-0.25, -0.2) is 0 Å². The highest BCUT2D eigenvalue weighted by molar-refractivity contribution is 5.71. The molecule has 1 aliphatic heterocycles. The monoisotopic (exact) mass is 198 g/mol. The zero-order chi connectivity index (χ0) is 10.9. The average Bonchev–Trinajstić information content (AvgIpc) is 2.16. The molecule has 1 aromatic rings. The molecule has 0 spiro atoms. The van der Waals surface area contributed by atoms with Gasteiger partial charge in [-0.15, -0.1) is 0 Å². The average molecular weight is 198 g/mol. The molecule has 0 aliphatic carbocycles. The van der Waals surface area contributed by atoms with Gasteiger partial charge in [0.15, 0.2) is 0 Å². The lowest BCUT2D eigenvalue weighted by Gasteiger charge is -2.35. The molecular weight excluding hydrogens is 184 g/mol. The molecule has 0 aromatic heterocycles. The molecule has 1 aliphatic rings. The van der Waals surface area contributed by atoms with Crippen molar-refractivity contribution in [1.82, 2.24) is 5.32 Å². The number of hydrogen-bond donors (Lipinski definition) is 1. The minimum atomic E-state index is 0.0248. The molecule has 0 saturated carbocycles. The zero-order valence-electron chi connectivity index (χ0n) is 9.04. The number of fused-ring (bicyclic) bond motifs is 1. The molecule has 0 fully saturated rings. The van der Waals surface area contributed by atoms with Crippen molar-refractivity contribution < 1.29 is 0 Å². The molecule has 0 radical (unpaired) electrons. The standard InChI is InChI=1S/C13H14N2/c1-13(2)9-10-5-3-4-6-11(10)12(15-13)7-8-14/h3-7,15H,9H2,1-2H3/b12-7+. The van der Waals surface area contributed by atoms with Gasteiger partial charge in [-0.2, -0.15) is 5.26 Å². The Hall–Kier alpha value is -1.75. The first-order valence-electron chi connectivity index (χ1n) is 5.09. The van der Waals surface area contributed by atoms with E-state index < -0.39 is 0 Å². The van der Waals surface area contributed by atoms with Gasteiger partial charge in [0.05, 0.1) is 11.8 Å². The molecule has 76 valence electrons. The number of nitriles is 1. The van der Waals surface area contributed by atoms with Gasteiger partial charge in [0, 0.05) is 17.2 Å². The van der Waals surface area contributed by atoms with Gasteiger partial charge in [-0.1, -0.05) is 24.3 Å². The van der Waals surface area contributed by atoms with Crippen molar-refractivity contribution in [3.05, 3.63) is 41.5 Å². The smallest absolute Gasteiger partial charge is 0.0933 e. The van der Waals surface area contributed by atoms with E-state index in [-0.39, 0.29) is 5.54 Å². The van der Waals surface area contributed by atoms with Gasteiger partial charge >= 0.3 is 0 Å². The highest BCUT2D eigenvalue weighted by Gasteiger charge is 2.26. The summed E-state index contributed by atoms with van der Waals surface area (Å²) in [5, 5.41) is 12.1. The van der Waals surface area contributed by atoms with Crippen LogP contribution in [0.25, 0.3) is 5.70 Å². The van der Waals surface area contributed by atoms with Gasteiger partial charge in [0.25, 0.3) is 0 Å². The summed E-state index contributed by atoms with van der Waals surface area (Å²) >= 11 is 0. The van der Waals surface area contributed by atoms with Gasteiger partial charge in [-0.3, -0.25) is 0 Å². The second kappa shape index (κ2) is 3.43. The molecular formula is C13H14N2. The molecule has 0 amide bonds. The molecule has 0 saturated heterocycles. The van der Waals surface area contributed by atoms with E-state index in [1.54, 1.807) is 6.08 Å². The Morgan fingerprint density at radius 1 is 1.40 bits per heavy atom. The van der Waals surface area contributed by atoms with Gasteiger partial charge in [0.1, 0.15) is 0 Å². The molecule has 1 heterocycles. The van der Waals surface area contributed by atoms with Crippen molar-refractivity contribution >= 4 is 5.70 Å². The third-order valence-corrected chi connectivity index (χ3v) is 2.62. The minimum Gasteiger partial charge on any atom is -0.379 e. The largest absolute Gasteiger partial charge is 0.379 e. The number of hydrogen-bond acceptors (Lipinski definition) is 2. The maximum absolute atomic E-state index is 8.75. The summed E-state index contributed by atoms with van der Waals surface area (Å²) in [6.45, 7) is 4.29. The number of nitrogens with one attached hydrogen (secondary N) is 1. The first kappa shape index (κ1) is 9.79. The summed E-state index contributed by atoms with van der Waals surface area (Å²) in [5.74, 6) is 0. The van der Waals surface area contributed by atoms with Crippen LogP contribution in [0.5, 0.6) is 0 Å². The summed E-state index contributed by atoms with van der Waals surface area (Å²) in [4.78, 5) is 0. The van der Waals surface area contributed by atoms with Crippen LogP contribution in [0.1, 0.15) is 25.0 Å². The molecule has 15 heavy (non-hydrogen) atoms. The molecule has 0 atom stereocenters. The number of rotatable bonds is 0. The van der Waals surface area contributed by atoms with E-state index in [2.05, 4.69) is 37.4 Å². The van der Waals surface area contributed by atoms with E-state index in [4.69, 9.17) is 5.26 Å². The summed E-state index contributed by atoms with van der Waals surface area (Å²) in [5.41, 5.74) is 3.42. The number of benzene rings is 1. The second-order valence-corrected chi connectivity index (χ2v) is 4.53. The lowest BCUT2D eigenvalue weighted by atomic mass is 9.86. The van der Waals surface area contributed by atoms with E-state index in [0.717, 1.165) is 17.7 Å². The van der Waals surface area contributed by atoms with Crippen LogP contribution in [0.3, 0.4) is 0 Å². The highest BCUT2D eigenvalue weighted by Crippen LogP contribution is 2.28. The lowest BCUT2D eigenvalue weighted by molar-refractivity contribution is 0.437. The Kier molecular flexibility index (Phi) is 2.24. The number of nitrogens with zero attached hydrogens (tertiary/aromatic N) is 1. The summed E-state index contributed by atoms with van der Waals surface area (Å²) in [6.07, 6.45) is 2.58. The predicted octanol–water partition coefficient (Wildman–Crippen LogP) is 2.48. The Morgan fingerprint density at radius 2 is 2.13 bits per heavy atom. The van der Waals surface area contributed by atoms with Gasteiger partial charge in [-0.05, 0) is 25.8 Å². The van der Waals surface area contributed by atoms with E-state index >= 15 is 0 Å². The Labute approximate surface area is 90.2 Å². The maximum atomic E-state index is 8.75. The Bertz CT molecular complexity index is 450. The van der Waals surface area contributed by atoms with E-state index in [1.165, 1.54) is 5.56 Å². The first-order chi connectivity index (χ1) is 7.12. The molecule has 2 rings (SSSR count). The van der Waals surface area contributed by atoms with Crippen molar-refractivity contribution in [2.45, 2.75) is 25.8 Å². The Morgan fingerprint density at radius 3 is 2.87 bits per heavy atom. The van der Waals surface area contributed by atoms with E-state index in [0.29, 0.717) is 0 Å². The first-order valence-corrected chi connectivity index (χ1v) is 5.09. The summed E-state index contributed by atoms with van der Waals surface area (Å²) in [7, 11) is 0. The topological polar surface area (TPSA) is 35.8 Å². The Balaban J connectivity index is 2.54. The SMILES string of the molecule is CC1(C)Cc2ccccc2/C(=C\C#N)N1. The quantitative estimate of drug-likeness (QED) is 0.650. The van der Waals surface area contributed by atoms with Crippen molar-refractivity contribution in [2.24, 2.45) is 0 Å². The van der Waals surface area contributed by atoms with Crippen LogP contribution in [0.2, 0.25) is 0 Å². The van der Waals surface area contributed by atoms with Gasteiger partial charge in [0.2, 0.25) is 0 Å². The van der Waals surface area contributed by atoms with Crippen molar-refractivity contribution in [3.8, 4) is 6.07 Å². The zero-order valence-corrected chi connectivity index (χ0v) is 9.04.